The summed E-state index contributed by atoms with van der Waals surface area (Å²) in [5, 5.41) is 22.8. The van der Waals surface area contributed by atoms with Gasteiger partial charge in [-0.3, -0.25) is 0 Å². The lowest BCUT2D eigenvalue weighted by Gasteiger charge is -2.33. The summed E-state index contributed by atoms with van der Waals surface area (Å²) < 4.78 is 0. The zero-order valence-electron chi connectivity index (χ0n) is 11.1. The third kappa shape index (κ3) is 3.24. The quantitative estimate of drug-likeness (QED) is 0.746. The van der Waals surface area contributed by atoms with E-state index in [1.807, 2.05) is 33.9 Å². The van der Waals surface area contributed by atoms with Gasteiger partial charge in [-0.1, -0.05) is 17.7 Å². The molecule has 2 rings (SSSR count). The van der Waals surface area contributed by atoms with E-state index in [9.17, 15) is 0 Å². The second-order valence-electron chi connectivity index (χ2n) is 4.77. The second-order valence-corrected chi connectivity index (χ2v) is 5.96. The van der Waals surface area contributed by atoms with Gasteiger partial charge in [0.15, 0.2) is 0 Å². The molecular weight excluding hydrogens is 296 g/mol. The van der Waals surface area contributed by atoms with Gasteiger partial charge in [0.2, 0.25) is 0 Å². The molecule has 0 saturated heterocycles. The molecule has 1 aliphatic rings. The van der Waals surface area contributed by atoms with Gasteiger partial charge in [0.05, 0.1) is 29.5 Å². The number of nitrogens with zero attached hydrogens (tertiary/aromatic N) is 1. The van der Waals surface area contributed by atoms with Crippen LogP contribution in [-0.2, 0) is 5.54 Å². The molecule has 0 aromatic carbocycles. The number of nitrogens with two attached hydrogens (primary N) is 1. The average Bonchev–Trinajstić information content (AvgIpc) is 2.93. The van der Waals surface area contributed by atoms with Crippen molar-refractivity contribution in [1.29, 1.82) is 0 Å². The van der Waals surface area contributed by atoms with E-state index in [-0.39, 0.29) is 13.2 Å². The molecule has 1 unspecified atom stereocenters. The predicted molar refractivity (Wildman–Crippen MR) is 82.6 cm³/mol. The third-order valence-electron chi connectivity index (χ3n) is 3.40. The molecule has 20 heavy (non-hydrogen) atoms. The molecular formula is C14H19ClN2O2S. The van der Waals surface area contributed by atoms with Crippen molar-refractivity contribution in [2.75, 3.05) is 26.3 Å². The lowest BCUT2D eigenvalue weighted by Crippen LogP contribution is -2.38. The summed E-state index contributed by atoms with van der Waals surface area (Å²) in [6, 6.07) is 2.00. The molecule has 0 spiro atoms. The van der Waals surface area contributed by atoms with Gasteiger partial charge in [-0.25, -0.2) is 0 Å². The first kappa shape index (κ1) is 15.5. The fourth-order valence-electron chi connectivity index (χ4n) is 2.33. The highest BCUT2D eigenvalue weighted by Gasteiger charge is 2.30. The molecule has 0 amide bonds. The summed E-state index contributed by atoms with van der Waals surface area (Å²) in [7, 11) is 0. The summed E-state index contributed by atoms with van der Waals surface area (Å²) in [4.78, 5) is 1.87. The summed E-state index contributed by atoms with van der Waals surface area (Å²) in [6.45, 7) is 0.901. The molecule has 0 fully saturated rings. The first-order chi connectivity index (χ1) is 9.60. The average molecular weight is 315 g/mol. The minimum Gasteiger partial charge on any atom is -0.395 e. The van der Waals surface area contributed by atoms with Crippen LogP contribution in [0.25, 0.3) is 0 Å². The third-order valence-corrected chi connectivity index (χ3v) is 4.39. The number of rotatable bonds is 6. The van der Waals surface area contributed by atoms with Gasteiger partial charge < -0.3 is 20.8 Å². The van der Waals surface area contributed by atoms with E-state index in [0.29, 0.717) is 24.5 Å². The number of aliphatic hydroxyl groups excluding tert-OH is 2. The number of aliphatic hydroxyl groups is 2. The van der Waals surface area contributed by atoms with Crippen LogP contribution < -0.4 is 5.73 Å². The van der Waals surface area contributed by atoms with Crippen molar-refractivity contribution in [2.45, 2.75) is 12.0 Å². The predicted octanol–water partition coefficient (Wildman–Crippen LogP) is 1.60. The van der Waals surface area contributed by atoms with Gasteiger partial charge in [0, 0.05) is 13.1 Å². The van der Waals surface area contributed by atoms with Crippen LogP contribution in [0, 0.1) is 0 Å². The van der Waals surface area contributed by atoms with Crippen molar-refractivity contribution in [2.24, 2.45) is 5.73 Å². The van der Waals surface area contributed by atoms with Crippen molar-refractivity contribution in [3.63, 3.8) is 0 Å². The topological polar surface area (TPSA) is 69.7 Å². The van der Waals surface area contributed by atoms with Crippen LogP contribution in [0.3, 0.4) is 0 Å². The number of allylic oxidation sites excluding steroid dienone is 1. The van der Waals surface area contributed by atoms with E-state index in [0.717, 1.165) is 11.3 Å². The highest BCUT2D eigenvalue weighted by atomic mass is 35.5. The summed E-state index contributed by atoms with van der Waals surface area (Å²) in [5.41, 5.74) is 7.70. The Morgan fingerprint density at radius 1 is 1.35 bits per heavy atom. The smallest absolute Gasteiger partial charge is 0.0657 e. The van der Waals surface area contributed by atoms with Crippen molar-refractivity contribution in [1.82, 2.24) is 4.90 Å². The first-order valence-corrected chi connectivity index (χ1v) is 7.80. The monoisotopic (exact) mass is 314 g/mol. The van der Waals surface area contributed by atoms with Gasteiger partial charge in [-0.15, -0.1) is 0 Å². The second kappa shape index (κ2) is 6.74. The van der Waals surface area contributed by atoms with Crippen LogP contribution >= 0.6 is 22.9 Å². The Hall–Kier alpha value is -0.850. The Kier molecular flexibility index (Phi) is 5.23. The van der Waals surface area contributed by atoms with Gasteiger partial charge >= 0.3 is 0 Å². The van der Waals surface area contributed by atoms with Crippen molar-refractivity contribution >= 4 is 22.9 Å². The maximum Gasteiger partial charge on any atom is 0.0657 e. The fourth-order valence-corrected chi connectivity index (χ4v) is 3.47. The molecule has 1 atom stereocenters. The van der Waals surface area contributed by atoms with E-state index in [1.54, 1.807) is 11.3 Å². The number of halogens is 1. The Morgan fingerprint density at radius 3 is 2.55 bits per heavy atom. The fraction of sp³-hybridized carbons (Fsp3) is 0.429. The van der Waals surface area contributed by atoms with Gasteiger partial charge in [-0.05, 0) is 34.9 Å². The molecule has 4 nitrogen and oxygen atoms in total. The molecule has 0 saturated carbocycles. The van der Waals surface area contributed by atoms with Crippen LogP contribution in [0.4, 0.5) is 0 Å². The summed E-state index contributed by atoms with van der Waals surface area (Å²) in [5.74, 6) is 0. The maximum absolute atomic E-state index is 9.10. The minimum absolute atomic E-state index is 0.0137. The van der Waals surface area contributed by atoms with Crippen LogP contribution in [0.1, 0.15) is 12.0 Å². The molecule has 110 valence electrons. The summed E-state index contributed by atoms with van der Waals surface area (Å²) in [6.07, 6.45) is 4.47. The van der Waals surface area contributed by atoms with E-state index in [2.05, 4.69) is 0 Å². The lowest BCUT2D eigenvalue weighted by atomic mass is 9.85. The zero-order chi connectivity index (χ0) is 14.6. The standard InChI is InChI=1S/C14H19ClN2O2S/c15-12-9-14(16,11-2-8-20-10-11)3-1-13(12)17(4-6-18)5-7-19/h1-2,8-10,18-19H,3-7,16H2. The zero-order valence-corrected chi connectivity index (χ0v) is 12.7. The Balaban J connectivity index is 2.21. The van der Waals surface area contributed by atoms with E-state index in [4.69, 9.17) is 27.5 Å². The summed E-state index contributed by atoms with van der Waals surface area (Å²) >= 11 is 7.97. The number of hydrogen-bond acceptors (Lipinski definition) is 5. The van der Waals surface area contributed by atoms with Crippen LogP contribution in [0.5, 0.6) is 0 Å². The molecule has 1 aromatic heterocycles. The number of hydrogen-bond donors (Lipinski definition) is 3. The Morgan fingerprint density at radius 2 is 2.05 bits per heavy atom. The SMILES string of the molecule is NC1(c2ccsc2)C=C(Cl)C(N(CCO)CCO)=CC1. The molecule has 6 heteroatoms. The van der Waals surface area contributed by atoms with Crippen LogP contribution in [0.2, 0.25) is 0 Å². The van der Waals surface area contributed by atoms with E-state index >= 15 is 0 Å². The van der Waals surface area contributed by atoms with Crippen LogP contribution in [0.15, 0.2) is 39.7 Å². The molecule has 1 aliphatic carbocycles. The molecule has 4 N–H and O–H groups in total. The van der Waals surface area contributed by atoms with Crippen molar-refractivity contribution in [3.05, 3.63) is 45.3 Å². The normalized spacial score (nSPS) is 22.4. The molecule has 0 bridgehead atoms. The maximum atomic E-state index is 9.10. The highest BCUT2D eigenvalue weighted by Crippen LogP contribution is 2.36. The van der Waals surface area contributed by atoms with E-state index in [1.165, 1.54) is 0 Å². The number of thiophene rings is 1. The van der Waals surface area contributed by atoms with Gasteiger partial charge in [0.25, 0.3) is 0 Å². The Bertz CT molecular complexity index is 495. The minimum atomic E-state index is -0.579. The van der Waals surface area contributed by atoms with Crippen molar-refractivity contribution < 1.29 is 10.2 Å². The Labute approximate surface area is 127 Å². The lowest BCUT2D eigenvalue weighted by molar-refractivity contribution is 0.190. The van der Waals surface area contributed by atoms with Gasteiger partial charge in [0.1, 0.15) is 0 Å². The van der Waals surface area contributed by atoms with E-state index < -0.39 is 5.54 Å². The molecule has 1 heterocycles. The van der Waals surface area contributed by atoms with Crippen molar-refractivity contribution in [3.8, 4) is 0 Å². The first-order valence-electron chi connectivity index (χ1n) is 6.48. The molecule has 0 aliphatic heterocycles. The van der Waals surface area contributed by atoms with Crippen LogP contribution in [-0.4, -0.2) is 41.4 Å². The van der Waals surface area contributed by atoms with Gasteiger partial charge in [-0.2, -0.15) is 11.3 Å². The highest BCUT2D eigenvalue weighted by molar-refractivity contribution is 7.08. The largest absolute Gasteiger partial charge is 0.395 e. The molecule has 1 aromatic rings. The molecule has 0 radical (unpaired) electrons.